The summed E-state index contributed by atoms with van der Waals surface area (Å²) in [4.78, 5) is 3.21. The summed E-state index contributed by atoms with van der Waals surface area (Å²) in [5, 5.41) is 5.05. The third kappa shape index (κ3) is 2.00. The predicted molar refractivity (Wildman–Crippen MR) is 80.3 cm³/mol. The van der Waals surface area contributed by atoms with Crippen molar-refractivity contribution in [2.24, 2.45) is 0 Å². The highest BCUT2D eigenvalue weighted by atomic mass is 35.5. The third-order valence-electron chi connectivity index (χ3n) is 3.03. The zero-order valence-corrected chi connectivity index (χ0v) is 12.1. The standard InChI is InChI=1S/C13H11ClN2S2/c1-8-6-18-7-9(8)5-16-12-4-10(14)2-3-11(12)15-13(16)17/h2-4,6-7H,5H2,1H3,(H,15,17). The van der Waals surface area contributed by atoms with Crippen molar-refractivity contribution < 1.29 is 0 Å². The summed E-state index contributed by atoms with van der Waals surface area (Å²) in [6.45, 7) is 2.91. The summed E-state index contributed by atoms with van der Waals surface area (Å²) in [6.07, 6.45) is 0. The molecule has 2 heterocycles. The molecule has 0 fully saturated rings. The molecule has 0 amide bonds. The lowest BCUT2D eigenvalue weighted by Crippen LogP contribution is -1.99. The molecule has 0 aliphatic carbocycles. The first kappa shape index (κ1) is 12.0. The van der Waals surface area contributed by atoms with Crippen molar-refractivity contribution in [2.45, 2.75) is 13.5 Å². The first-order chi connectivity index (χ1) is 8.65. The van der Waals surface area contributed by atoms with Crippen molar-refractivity contribution in [3.05, 3.63) is 49.9 Å². The Bertz CT molecular complexity index is 767. The maximum absolute atomic E-state index is 6.05. The summed E-state index contributed by atoms with van der Waals surface area (Å²) in [5.74, 6) is 0. The van der Waals surface area contributed by atoms with Crippen LogP contribution >= 0.6 is 35.2 Å². The number of benzene rings is 1. The van der Waals surface area contributed by atoms with Crippen LogP contribution in [0.15, 0.2) is 29.0 Å². The summed E-state index contributed by atoms with van der Waals surface area (Å²) in [7, 11) is 0. The van der Waals surface area contributed by atoms with Gasteiger partial charge < -0.3 is 9.55 Å². The summed E-state index contributed by atoms with van der Waals surface area (Å²) < 4.78 is 2.82. The van der Waals surface area contributed by atoms with Crippen LogP contribution in [0.1, 0.15) is 11.1 Å². The van der Waals surface area contributed by atoms with Crippen LogP contribution in [0.3, 0.4) is 0 Å². The second kappa shape index (κ2) is 4.53. The minimum absolute atomic E-state index is 0.729. The SMILES string of the molecule is Cc1cscc1Cn1c(=S)[nH]c2ccc(Cl)cc21. The molecule has 2 aromatic heterocycles. The van der Waals surface area contributed by atoms with Gasteiger partial charge in [-0.05, 0) is 59.2 Å². The number of hydrogen-bond donors (Lipinski definition) is 1. The number of rotatable bonds is 2. The van der Waals surface area contributed by atoms with Gasteiger partial charge in [-0.25, -0.2) is 0 Å². The van der Waals surface area contributed by atoms with Crippen LogP contribution < -0.4 is 0 Å². The van der Waals surface area contributed by atoms with Crippen molar-refractivity contribution in [3.63, 3.8) is 0 Å². The second-order valence-electron chi connectivity index (χ2n) is 4.26. The van der Waals surface area contributed by atoms with Gasteiger partial charge in [0.1, 0.15) is 0 Å². The van der Waals surface area contributed by atoms with Gasteiger partial charge in [0.15, 0.2) is 4.77 Å². The van der Waals surface area contributed by atoms with Gasteiger partial charge in [-0.15, -0.1) is 0 Å². The molecule has 5 heteroatoms. The van der Waals surface area contributed by atoms with E-state index >= 15 is 0 Å². The van der Waals surface area contributed by atoms with Crippen molar-refractivity contribution in [3.8, 4) is 0 Å². The lowest BCUT2D eigenvalue weighted by atomic mass is 10.2. The number of hydrogen-bond acceptors (Lipinski definition) is 2. The quantitative estimate of drug-likeness (QED) is 0.675. The first-order valence-corrected chi connectivity index (χ1v) is 7.28. The molecule has 0 saturated carbocycles. The number of H-pyrrole nitrogens is 1. The fourth-order valence-electron chi connectivity index (χ4n) is 2.00. The maximum Gasteiger partial charge on any atom is 0.178 e. The predicted octanol–water partition coefficient (Wildman–Crippen LogP) is 4.77. The summed E-state index contributed by atoms with van der Waals surface area (Å²) in [5.41, 5.74) is 4.69. The lowest BCUT2D eigenvalue weighted by molar-refractivity contribution is 0.809. The number of aromatic amines is 1. The summed E-state index contributed by atoms with van der Waals surface area (Å²) in [6, 6.07) is 5.78. The number of fused-ring (bicyclic) bond motifs is 1. The van der Waals surface area contributed by atoms with Crippen molar-refractivity contribution in [2.75, 3.05) is 0 Å². The number of imidazole rings is 1. The minimum Gasteiger partial charge on any atom is -0.331 e. The zero-order valence-electron chi connectivity index (χ0n) is 9.74. The Kier molecular flexibility index (Phi) is 3.01. The van der Waals surface area contributed by atoms with Gasteiger partial charge in [0.2, 0.25) is 0 Å². The van der Waals surface area contributed by atoms with E-state index in [-0.39, 0.29) is 0 Å². The Morgan fingerprint density at radius 2 is 2.22 bits per heavy atom. The molecule has 0 saturated heterocycles. The van der Waals surface area contributed by atoms with Gasteiger partial charge in [0.05, 0.1) is 17.6 Å². The number of aromatic nitrogens is 2. The van der Waals surface area contributed by atoms with Gasteiger partial charge in [-0.2, -0.15) is 11.3 Å². The largest absolute Gasteiger partial charge is 0.331 e. The Hall–Kier alpha value is -1.10. The molecule has 0 aliphatic heterocycles. The fraction of sp³-hybridized carbons (Fsp3) is 0.154. The molecule has 3 aromatic rings. The van der Waals surface area contributed by atoms with Crippen LogP contribution in [0.2, 0.25) is 5.02 Å². The van der Waals surface area contributed by atoms with E-state index in [2.05, 4.69) is 27.2 Å². The van der Waals surface area contributed by atoms with Gasteiger partial charge in [0.25, 0.3) is 0 Å². The van der Waals surface area contributed by atoms with Gasteiger partial charge >= 0.3 is 0 Å². The van der Waals surface area contributed by atoms with Crippen LogP contribution in [0.5, 0.6) is 0 Å². The smallest absolute Gasteiger partial charge is 0.178 e. The number of aryl methyl sites for hydroxylation is 1. The van der Waals surface area contributed by atoms with Crippen LogP contribution in [0.4, 0.5) is 0 Å². The zero-order chi connectivity index (χ0) is 12.7. The Morgan fingerprint density at radius 3 is 2.94 bits per heavy atom. The molecule has 0 bridgehead atoms. The van der Waals surface area contributed by atoms with Crippen LogP contribution in [0, 0.1) is 11.7 Å². The lowest BCUT2D eigenvalue weighted by Gasteiger charge is -2.04. The summed E-state index contributed by atoms with van der Waals surface area (Å²) >= 11 is 13.2. The second-order valence-corrected chi connectivity index (χ2v) is 5.82. The molecule has 0 radical (unpaired) electrons. The maximum atomic E-state index is 6.05. The molecule has 0 unspecified atom stereocenters. The average Bonchev–Trinajstić information content (AvgIpc) is 2.86. The van der Waals surface area contributed by atoms with E-state index in [1.165, 1.54) is 11.1 Å². The number of nitrogens with zero attached hydrogens (tertiary/aromatic N) is 1. The molecule has 0 spiro atoms. The number of halogens is 1. The molecule has 1 N–H and O–H groups in total. The van der Waals surface area contributed by atoms with E-state index in [0.29, 0.717) is 0 Å². The first-order valence-electron chi connectivity index (χ1n) is 5.55. The van der Waals surface area contributed by atoms with E-state index in [1.807, 2.05) is 18.2 Å². The monoisotopic (exact) mass is 294 g/mol. The van der Waals surface area contributed by atoms with Gasteiger partial charge in [-0.3, -0.25) is 0 Å². The molecule has 18 heavy (non-hydrogen) atoms. The highest BCUT2D eigenvalue weighted by molar-refractivity contribution is 7.71. The van der Waals surface area contributed by atoms with Crippen LogP contribution in [0.25, 0.3) is 11.0 Å². The Balaban J connectivity index is 2.17. The highest BCUT2D eigenvalue weighted by Gasteiger charge is 2.07. The molecule has 3 rings (SSSR count). The van der Waals surface area contributed by atoms with Gasteiger partial charge in [-0.1, -0.05) is 11.6 Å². The molecule has 0 aliphatic rings. The third-order valence-corrected chi connectivity index (χ3v) is 4.50. The Morgan fingerprint density at radius 1 is 1.39 bits per heavy atom. The fourth-order valence-corrected chi connectivity index (χ4v) is 3.29. The minimum atomic E-state index is 0.729. The number of nitrogens with one attached hydrogen (secondary N) is 1. The van der Waals surface area contributed by atoms with Crippen LogP contribution in [-0.2, 0) is 6.54 Å². The topological polar surface area (TPSA) is 20.7 Å². The van der Waals surface area contributed by atoms with E-state index < -0.39 is 0 Å². The van der Waals surface area contributed by atoms with Crippen molar-refractivity contribution >= 4 is 46.2 Å². The molecule has 2 nitrogen and oxygen atoms in total. The van der Waals surface area contributed by atoms with Crippen molar-refractivity contribution in [1.82, 2.24) is 9.55 Å². The molecular formula is C13H11ClN2S2. The molecule has 1 aromatic carbocycles. The number of thiophene rings is 1. The van der Waals surface area contributed by atoms with Crippen molar-refractivity contribution in [1.29, 1.82) is 0 Å². The van der Waals surface area contributed by atoms with E-state index in [0.717, 1.165) is 27.4 Å². The molecular weight excluding hydrogens is 284 g/mol. The normalized spacial score (nSPS) is 11.2. The molecule has 0 atom stereocenters. The van der Waals surface area contributed by atoms with Gasteiger partial charge in [0, 0.05) is 5.02 Å². The van der Waals surface area contributed by atoms with E-state index in [1.54, 1.807) is 11.3 Å². The molecule has 92 valence electrons. The Labute approximate surface area is 119 Å². The highest BCUT2D eigenvalue weighted by Crippen LogP contribution is 2.22. The van der Waals surface area contributed by atoms with E-state index in [4.69, 9.17) is 23.8 Å². The van der Waals surface area contributed by atoms with Crippen LogP contribution in [-0.4, -0.2) is 9.55 Å². The average molecular weight is 295 g/mol. The van der Waals surface area contributed by atoms with E-state index in [9.17, 15) is 0 Å².